The average Bonchev–Trinajstić information content (AvgIpc) is 3.36. The van der Waals surface area contributed by atoms with Gasteiger partial charge in [0.2, 0.25) is 11.8 Å². The predicted molar refractivity (Wildman–Crippen MR) is 108 cm³/mol. The second-order valence-corrected chi connectivity index (χ2v) is 8.41. The van der Waals surface area contributed by atoms with Crippen LogP contribution in [0, 0.1) is 6.92 Å². The van der Waals surface area contributed by atoms with Gasteiger partial charge in [-0.1, -0.05) is 11.6 Å². The number of rotatable bonds is 8. The number of likely N-dealkylation sites (tertiary alicyclic amines) is 1. The molecule has 4 rings (SSSR count). The standard InChI is InChI=1S/C21H32N6O2/c1-4-26-13-18(15(2)23-26)12-25-10-8-19(14-25)27(16(3)28)11-9-20-22-21(29-24-20)17-6-5-7-17/h13,17,19H,4-12,14H2,1-3H3. The van der Waals surface area contributed by atoms with Gasteiger partial charge in [-0.3, -0.25) is 14.4 Å². The van der Waals surface area contributed by atoms with Gasteiger partial charge in [-0.25, -0.2) is 0 Å². The summed E-state index contributed by atoms with van der Waals surface area (Å²) in [5.74, 6) is 2.06. The molecule has 1 amide bonds. The molecule has 1 atom stereocenters. The second-order valence-electron chi connectivity index (χ2n) is 8.41. The summed E-state index contributed by atoms with van der Waals surface area (Å²) < 4.78 is 7.40. The summed E-state index contributed by atoms with van der Waals surface area (Å²) in [7, 11) is 0. The fraction of sp³-hybridized carbons (Fsp3) is 0.714. The van der Waals surface area contributed by atoms with Gasteiger partial charge >= 0.3 is 0 Å². The first-order chi connectivity index (χ1) is 14.0. The molecular weight excluding hydrogens is 368 g/mol. The molecule has 1 saturated carbocycles. The summed E-state index contributed by atoms with van der Waals surface area (Å²) in [6, 6.07) is 0.243. The van der Waals surface area contributed by atoms with E-state index in [1.165, 1.54) is 12.0 Å². The van der Waals surface area contributed by atoms with Crippen molar-refractivity contribution in [2.45, 2.75) is 77.9 Å². The van der Waals surface area contributed by atoms with Crippen molar-refractivity contribution in [2.75, 3.05) is 19.6 Å². The maximum Gasteiger partial charge on any atom is 0.229 e. The molecule has 158 valence electrons. The fourth-order valence-corrected chi connectivity index (χ4v) is 4.34. The summed E-state index contributed by atoms with van der Waals surface area (Å²) in [6.45, 7) is 10.2. The molecule has 3 heterocycles. The molecule has 1 aliphatic carbocycles. The molecule has 2 fully saturated rings. The molecule has 8 nitrogen and oxygen atoms in total. The Labute approximate surface area is 172 Å². The lowest BCUT2D eigenvalue weighted by atomic mass is 9.85. The normalized spacial score (nSPS) is 20.2. The van der Waals surface area contributed by atoms with E-state index in [4.69, 9.17) is 4.52 Å². The van der Waals surface area contributed by atoms with E-state index in [1.807, 2.05) is 9.58 Å². The van der Waals surface area contributed by atoms with E-state index >= 15 is 0 Å². The Kier molecular flexibility index (Phi) is 5.99. The van der Waals surface area contributed by atoms with E-state index in [2.05, 4.69) is 40.2 Å². The predicted octanol–water partition coefficient (Wildman–Crippen LogP) is 2.53. The molecule has 1 unspecified atom stereocenters. The molecule has 2 aliphatic rings. The number of nitrogens with zero attached hydrogens (tertiary/aromatic N) is 6. The van der Waals surface area contributed by atoms with Crippen LogP contribution in [0.2, 0.25) is 0 Å². The molecule has 0 aromatic carbocycles. The number of carbonyl (C=O) groups excluding carboxylic acids is 1. The van der Waals surface area contributed by atoms with E-state index in [9.17, 15) is 4.79 Å². The highest BCUT2D eigenvalue weighted by Gasteiger charge is 2.30. The smallest absolute Gasteiger partial charge is 0.229 e. The van der Waals surface area contributed by atoms with Gasteiger partial charge in [0.25, 0.3) is 0 Å². The van der Waals surface area contributed by atoms with Gasteiger partial charge in [0.1, 0.15) is 0 Å². The topological polar surface area (TPSA) is 80.3 Å². The Hall–Kier alpha value is -2.22. The Morgan fingerprint density at radius 2 is 2.17 bits per heavy atom. The zero-order valence-corrected chi connectivity index (χ0v) is 17.8. The maximum absolute atomic E-state index is 12.3. The molecule has 0 radical (unpaired) electrons. The largest absolute Gasteiger partial charge is 0.339 e. The highest BCUT2D eigenvalue weighted by molar-refractivity contribution is 5.73. The summed E-state index contributed by atoms with van der Waals surface area (Å²) in [6.07, 6.45) is 7.33. The fourth-order valence-electron chi connectivity index (χ4n) is 4.34. The van der Waals surface area contributed by atoms with Crippen LogP contribution in [0.1, 0.15) is 68.4 Å². The zero-order valence-electron chi connectivity index (χ0n) is 17.8. The number of amides is 1. The van der Waals surface area contributed by atoms with Gasteiger partial charge in [0.15, 0.2) is 5.82 Å². The van der Waals surface area contributed by atoms with Crippen LogP contribution >= 0.6 is 0 Å². The van der Waals surface area contributed by atoms with E-state index in [-0.39, 0.29) is 11.9 Å². The molecule has 1 saturated heterocycles. The Morgan fingerprint density at radius 1 is 1.34 bits per heavy atom. The van der Waals surface area contributed by atoms with Crippen molar-refractivity contribution >= 4 is 5.91 Å². The van der Waals surface area contributed by atoms with Crippen LogP contribution in [0.25, 0.3) is 0 Å². The number of hydrogen-bond acceptors (Lipinski definition) is 6. The van der Waals surface area contributed by atoms with Gasteiger partial charge < -0.3 is 9.42 Å². The van der Waals surface area contributed by atoms with Crippen LogP contribution < -0.4 is 0 Å². The summed E-state index contributed by atoms with van der Waals surface area (Å²) in [4.78, 5) is 21.3. The molecule has 0 bridgehead atoms. The average molecular weight is 401 g/mol. The highest BCUT2D eigenvalue weighted by Crippen LogP contribution is 2.35. The number of aryl methyl sites for hydroxylation is 2. The third-order valence-electron chi connectivity index (χ3n) is 6.37. The third kappa shape index (κ3) is 4.52. The summed E-state index contributed by atoms with van der Waals surface area (Å²) in [5.41, 5.74) is 2.37. The third-order valence-corrected chi connectivity index (χ3v) is 6.37. The van der Waals surface area contributed by atoms with E-state index in [1.54, 1.807) is 6.92 Å². The Balaban J connectivity index is 1.32. The number of hydrogen-bond donors (Lipinski definition) is 0. The highest BCUT2D eigenvalue weighted by atomic mass is 16.5. The summed E-state index contributed by atoms with van der Waals surface area (Å²) in [5, 5.41) is 8.67. The van der Waals surface area contributed by atoms with Crippen molar-refractivity contribution in [1.82, 2.24) is 29.7 Å². The molecule has 2 aromatic rings. The first-order valence-electron chi connectivity index (χ1n) is 10.9. The minimum atomic E-state index is 0.120. The van der Waals surface area contributed by atoms with Crippen molar-refractivity contribution in [3.8, 4) is 0 Å². The molecule has 0 N–H and O–H groups in total. The molecule has 0 spiro atoms. The zero-order chi connectivity index (χ0) is 20.4. The van der Waals surface area contributed by atoms with Crippen molar-refractivity contribution in [1.29, 1.82) is 0 Å². The van der Waals surface area contributed by atoms with Gasteiger partial charge in [-0.05, 0) is 33.1 Å². The SMILES string of the molecule is CCn1cc(CN2CCC(N(CCc3noc(C4CCC4)n3)C(C)=O)C2)c(C)n1. The lowest BCUT2D eigenvalue weighted by Gasteiger charge is -2.28. The second kappa shape index (κ2) is 8.65. The van der Waals surface area contributed by atoms with Crippen molar-refractivity contribution in [3.05, 3.63) is 29.2 Å². The summed E-state index contributed by atoms with van der Waals surface area (Å²) >= 11 is 0. The monoisotopic (exact) mass is 400 g/mol. The number of aromatic nitrogens is 4. The molecule has 1 aliphatic heterocycles. The van der Waals surface area contributed by atoms with Gasteiger partial charge in [-0.2, -0.15) is 10.1 Å². The van der Waals surface area contributed by atoms with E-state index in [0.29, 0.717) is 18.9 Å². The lowest BCUT2D eigenvalue weighted by Crippen LogP contribution is -2.42. The Bertz CT molecular complexity index is 840. The first kappa shape index (κ1) is 20.1. The van der Waals surface area contributed by atoms with Crippen LogP contribution in [0.4, 0.5) is 0 Å². The van der Waals surface area contributed by atoms with Crippen LogP contribution in [-0.2, 0) is 24.3 Å². The van der Waals surface area contributed by atoms with E-state index < -0.39 is 0 Å². The quantitative estimate of drug-likeness (QED) is 0.677. The van der Waals surface area contributed by atoms with Crippen LogP contribution in [0.15, 0.2) is 10.7 Å². The molecular formula is C21H32N6O2. The van der Waals surface area contributed by atoms with Gasteiger partial charge in [0, 0.05) is 69.8 Å². The van der Waals surface area contributed by atoms with Crippen LogP contribution in [0.5, 0.6) is 0 Å². The van der Waals surface area contributed by atoms with Crippen molar-refractivity contribution < 1.29 is 9.32 Å². The first-order valence-corrected chi connectivity index (χ1v) is 10.9. The van der Waals surface area contributed by atoms with Crippen molar-refractivity contribution in [3.63, 3.8) is 0 Å². The molecule has 8 heteroatoms. The Morgan fingerprint density at radius 3 is 2.83 bits per heavy atom. The molecule has 29 heavy (non-hydrogen) atoms. The minimum Gasteiger partial charge on any atom is -0.339 e. The number of carbonyl (C=O) groups is 1. The minimum absolute atomic E-state index is 0.120. The van der Waals surface area contributed by atoms with Gasteiger partial charge in [-0.15, -0.1) is 0 Å². The van der Waals surface area contributed by atoms with Crippen molar-refractivity contribution in [2.24, 2.45) is 0 Å². The lowest BCUT2D eigenvalue weighted by molar-refractivity contribution is -0.130. The van der Waals surface area contributed by atoms with Gasteiger partial charge in [0.05, 0.1) is 5.69 Å². The molecule has 2 aromatic heterocycles. The van der Waals surface area contributed by atoms with E-state index in [0.717, 1.165) is 62.9 Å². The van der Waals surface area contributed by atoms with Crippen LogP contribution in [0.3, 0.4) is 0 Å². The maximum atomic E-state index is 12.3. The van der Waals surface area contributed by atoms with Crippen LogP contribution in [-0.4, -0.2) is 61.3 Å².